The number of nitrogens with zero attached hydrogens (tertiary/aromatic N) is 2. The fraction of sp³-hybridized carbons (Fsp3) is 0.273. The van der Waals surface area contributed by atoms with Crippen LogP contribution in [0.2, 0.25) is 5.15 Å². The summed E-state index contributed by atoms with van der Waals surface area (Å²) in [5.41, 5.74) is 0.0133. The molecule has 1 aliphatic rings. The molecule has 1 heterocycles. The number of hydrogen-bond acceptors (Lipinski definition) is 2. The molecule has 3 heteroatoms. The van der Waals surface area contributed by atoms with E-state index in [1.165, 1.54) is 6.33 Å². The number of hydrogen-bond donors (Lipinski definition) is 0. The van der Waals surface area contributed by atoms with Crippen LogP contribution in [-0.2, 0) is 0 Å². The molecule has 0 saturated carbocycles. The van der Waals surface area contributed by atoms with Crippen LogP contribution in [0, 0.1) is 5.41 Å². The minimum atomic E-state index is 0.0133. The van der Waals surface area contributed by atoms with Crippen LogP contribution in [0.3, 0.4) is 0 Å². The molecule has 1 aliphatic carbocycles. The van der Waals surface area contributed by atoms with Gasteiger partial charge in [-0.25, -0.2) is 9.97 Å². The fourth-order valence-corrected chi connectivity index (χ4v) is 1.65. The summed E-state index contributed by atoms with van der Waals surface area (Å²) in [6.45, 7) is 4.25. The predicted octanol–water partition coefficient (Wildman–Crippen LogP) is 1.29. The Labute approximate surface area is 87.7 Å². The van der Waals surface area contributed by atoms with Gasteiger partial charge in [-0.3, -0.25) is 0 Å². The number of aromatic nitrogens is 2. The molecule has 0 aliphatic heterocycles. The Morgan fingerprint density at radius 3 is 2.86 bits per heavy atom. The van der Waals surface area contributed by atoms with Crippen LogP contribution in [0.15, 0.2) is 18.5 Å². The maximum absolute atomic E-state index is 5.97. The van der Waals surface area contributed by atoms with Crippen molar-refractivity contribution in [1.82, 2.24) is 9.97 Å². The van der Waals surface area contributed by atoms with Crippen molar-refractivity contribution in [1.29, 1.82) is 0 Å². The lowest BCUT2D eigenvalue weighted by molar-refractivity contribution is 0.668. The van der Waals surface area contributed by atoms with E-state index in [1.807, 2.05) is 12.2 Å². The van der Waals surface area contributed by atoms with Crippen LogP contribution in [0.5, 0.6) is 0 Å². The van der Waals surface area contributed by atoms with E-state index in [4.69, 9.17) is 11.6 Å². The van der Waals surface area contributed by atoms with E-state index in [9.17, 15) is 0 Å². The lowest BCUT2D eigenvalue weighted by atomic mass is 9.93. The van der Waals surface area contributed by atoms with Crippen molar-refractivity contribution in [3.63, 3.8) is 0 Å². The molecule has 0 saturated heterocycles. The summed E-state index contributed by atoms with van der Waals surface area (Å²) in [5.74, 6) is 0. The van der Waals surface area contributed by atoms with Gasteiger partial charge in [-0.15, -0.1) is 0 Å². The highest BCUT2D eigenvalue weighted by molar-refractivity contribution is 6.29. The highest BCUT2D eigenvalue weighted by atomic mass is 35.5. The van der Waals surface area contributed by atoms with Gasteiger partial charge in [-0.1, -0.05) is 43.7 Å². The Morgan fingerprint density at radius 1 is 1.29 bits per heavy atom. The average Bonchev–Trinajstić information content (AvgIpc) is 2.23. The first-order valence-electron chi connectivity index (χ1n) is 4.47. The minimum Gasteiger partial charge on any atom is -0.237 e. The Kier molecular flexibility index (Phi) is 2.16. The molecule has 1 aromatic heterocycles. The van der Waals surface area contributed by atoms with Gasteiger partial charge in [0.15, 0.2) is 0 Å². The van der Waals surface area contributed by atoms with Crippen molar-refractivity contribution < 1.29 is 0 Å². The van der Waals surface area contributed by atoms with E-state index in [0.29, 0.717) is 5.15 Å². The van der Waals surface area contributed by atoms with Crippen LogP contribution in [0.25, 0.3) is 12.2 Å². The molecule has 1 aromatic rings. The molecule has 0 spiro atoms. The zero-order valence-corrected chi connectivity index (χ0v) is 8.92. The van der Waals surface area contributed by atoms with Crippen molar-refractivity contribution in [2.45, 2.75) is 13.8 Å². The van der Waals surface area contributed by atoms with Crippen molar-refractivity contribution in [2.75, 3.05) is 0 Å². The largest absolute Gasteiger partial charge is 0.237 e. The highest BCUT2D eigenvalue weighted by Crippen LogP contribution is 2.19. The van der Waals surface area contributed by atoms with Crippen LogP contribution < -0.4 is 10.6 Å². The van der Waals surface area contributed by atoms with Gasteiger partial charge >= 0.3 is 0 Å². The van der Waals surface area contributed by atoms with Gasteiger partial charge in [0, 0.05) is 10.6 Å². The molecule has 0 radical (unpaired) electrons. The molecule has 72 valence electrons. The summed E-state index contributed by atoms with van der Waals surface area (Å²) in [4.78, 5) is 8.16. The Hall–Kier alpha value is -1.15. The summed E-state index contributed by atoms with van der Waals surface area (Å²) in [6.07, 6.45) is 9.65. The Morgan fingerprint density at radius 2 is 2.07 bits per heavy atom. The quantitative estimate of drug-likeness (QED) is 0.598. The van der Waals surface area contributed by atoms with Crippen LogP contribution >= 0.6 is 11.6 Å². The fourth-order valence-electron chi connectivity index (χ4n) is 1.45. The zero-order chi connectivity index (χ0) is 10.2. The van der Waals surface area contributed by atoms with Crippen LogP contribution in [0.4, 0.5) is 0 Å². The number of fused-ring (bicyclic) bond motifs is 1. The minimum absolute atomic E-state index is 0.0133. The van der Waals surface area contributed by atoms with E-state index in [-0.39, 0.29) is 5.41 Å². The molecular weight excluding hydrogens is 196 g/mol. The predicted molar refractivity (Wildman–Crippen MR) is 58.1 cm³/mol. The van der Waals surface area contributed by atoms with Gasteiger partial charge in [-0.05, 0) is 6.08 Å². The third-order valence-electron chi connectivity index (χ3n) is 2.16. The average molecular weight is 207 g/mol. The first kappa shape index (κ1) is 9.41. The highest BCUT2D eigenvalue weighted by Gasteiger charge is 2.11. The number of rotatable bonds is 0. The van der Waals surface area contributed by atoms with Crippen LogP contribution in [-0.4, -0.2) is 9.97 Å². The van der Waals surface area contributed by atoms with Gasteiger partial charge in [0.25, 0.3) is 0 Å². The zero-order valence-electron chi connectivity index (χ0n) is 8.16. The first-order chi connectivity index (χ1) is 6.58. The second kappa shape index (κ2) is 3.21. The van der Waals surface area contributed by atoms with Crippen molar-refractivity contribution in [2.24, 2.45) is 5.41 Å². The summed E-state index contributed by atoms with van der Waals surface area (Å²) >= 11 is 5.97. The standard InChI is InChI=1S/C11H11ClN2/c1-11(2)5-3-4-8-9(6-11)13-7-14-10(8)12/h3-7H,1-2H3. The summed E-state index contributed by atoms with van der Waals surface area (Å²) in [6, 6.07) is 0. The molecule has 0 bridgehead atoms. The van der Waals surface area contributed by atoms with E-state index in [1.54, 1.807) is 0 Å². The normalized spacial score (nSPS) is 17.6. The topological polar surface area (TPSA) is 25.8 Å². The van der Waals surface area contributed by atoms with E-state index < -0.39 is 0 Å². The van der Waals surface area contributed by atoms with Crippen LogP contribution in [0.1, 0.15) is 13.8 Å². The number of allylic oxidation sites excluding steroid dienone is 2. The molecule has 2 nitrogen and oxygen atoms in total. The summed E-state index contributed by atoms with van der Waals surface area (Å²) in [5, 5.41) is 2.31. The van der Waals surface area contributed by atoms with Crippen molar-refractivity contribution in [3.8, 4) is 0 Å². The third kappa shape index (κ3) is 1.70. The monoisotopic (exact) mass is 206 g/mol. The van der Waals surface area contributed by atoms with Gasteiger partial charge in [-0.2, -0.15) is 0 Å². The van der Waals surface area contributed by atoms with Gasteiger partial charge in [0.2, 0.25) is 0 Å². The maximum atomic E-state index is 5.97. The molecule has 0 fully saturated rings. The van der Waals surface area contributed by atoms with E-state index >= 15 is 0 Å². The second-order valence-electron chi connectivity index (χ2n) is 3.95. The molecule has 0 atom stereocenters. The van der Waals surface area contributed by atoms with Crippen molar-refractivity contribution >= 4 is 23.8 Å². The Balaban J connectivity index is 2.83. The lowest BCUT2D eigenvalue weighted by Gasteiger charge is -2.12. The second-order valence-corrected chi connectivity index (χ2v) is 4.31. The molecular formula is C11H11ClN2. The summed E-state index contributed by atoms with van der Waals surface area (Å²) in [7, 11) is 0. The smallest absolute Gasteiger partial charge is 0.140 e. The number of halogens is 1. The van der Waals surface area contributed by atoms with E-state index in [2.05, 4.69) is 36.0 Å². The van der Waals surface area contributed by atoms with Gasteiger partial charge < -0.3 is 0 Å². The molecule has 0 aromatic carbocycles. The third-order valence-corrected chi connectivity index (χ3v) is 2.46. The summed E-state index contributed by atoms with van der Waals surface area (Å²) < 4.78 is 0. The van der Waals surface area contributed by atoms with Gasteiger partial charge in [0.1, 0.15) is 11.5 Å². The molecule has 0 N–H and O–H groups in total. The van der Waals surface area contributed by atoms with E-state index in [0.717, 1.165) is 10.6 Å². The van der Waals surface area contributed by atoms with Gasteiger partial charge in [0.05, 0.1) is 5.35 Å². The molecule has 0 unspecified atom stereocenters. The maximum Gasteiger partial charge on any atom is 0.140 e. The molecule has 0 amide bonds. The molecule has 14 heavy (non-hydrogen) atoms. The SMILES string of the molecule is CC1(C)C=CC=c2c(Cl)ncnc2=C1. The van der Waals surface area contributed by atoms with Crippen molar-refractivity contribution in [3.05, 3.63) is 34.2 Å². The first-order valence-corrected chi connectivity index (χ1v) is 4.85. The lowest BCUT2D eigenvalue weighted by Crippen LogP contribution is -2.30. The molecule has 2 rings (SSSR count). The Bertz CT molecular complexity index is 501.